The zero-order valence-electron chi connectivity index (χ0n) is 16.5. The van der Waals surface area contributed by atoms with Crippen LogP contribution in [-0.4, -0.2) is 30.0 Å². The first-order valence-corrected chi connectivity index (χ1v) is 9.08. The fourth-order valence-electron chi connectivity index (χ4n) is 3.17. The summed E-state index contributed by atoms with van der Waals surface area (Å²) in [5.41, 5.74) is 3.73. The molecule has 0 saturated carbocycles. The van der Waals surface area contributed by atoms with E-state index in [0.29, 0.717) is 11.8 Å². The van der Waals surface area contributed by atoms with Crippen LogP contribution in [-0.2, 0) is 11.8 Å². The van der Waals surface area contributed by atoms with Gasteiger partial charge in [0.05, 0.1) is 11.8 Å². The molecule has 0 fully saturated rings. The van der Waals surface area contributed by atoms with Crippen molar-refractivity contribution in [3.05, 3.63) is 66.9 Å². The number of nitrogens with one attached hydrogen (secondary N) is 2. The Hall–Kier alpha value is -3.94. The highest BCUT2D eigenvalue weighted by molar-refractivity contribution is 6.00. The summed E-state index contributed by atoms with van der Waals surface area (Å²) in [4.78, 5) is 24.9. The van der Waals surface area contributed by atoms with Gasteiger partial charge in [-0.25, -0.2) is 9.97 Å². The Balaban J connectivity index is 1.74. The van der Waals surface area contributed by atoms with Gasteiger partial charge in [-0.15, -0.1) is 0 Å². The minimum atomic E-state index is -0.238. The molecule has 4 rings (SSSR count). The molecule has 0 atom stereocenters. The summed E-state index contributed by atoms with van der Waals surface area (Å²) < 4.78 is 3.88. The third-order valence-electron chi connectivity index (χ3n) is 4.57. The molecule has 146 valence electrons. The van der Waals surface area contributed by atoms with Gasteiger partial charge < -0.3 is 19.8 Å². The Labute approximate surface area is 167 Å². The maximum Gasteiger partial charge on any atom is 0.247 e. The number of imidazole rings is 1. The molecule has 0 aliphatic rings. The van der Waals surface area contributed by atoms with Gasteiger partial charge in [0.2, 0.25) is 11.9 Å². The third-order valence-corrected chi connectivity index (χ3v) is 4.57. The molecule has 4 aromatic rings. The topological polar surface area (TPSA) is 89.7 Å². The molecule has 2 N–H and O–H groups in total. The van der Waals surface area contributed by atoms with Crippen LogP contribution < -0.4 is 10.6 Å². The molecule has 3 aromatic heterocycles. The largest absolute Gasteiger partial charge is 0.338 e. The van der Waals surface area contributed by atoms with Crippen molar-refractivity contribution in [1.82, 2.24) is 24.1 Å². The first-order chi connectivity index (χ1) is 13.9. The van der Waals surface area contributed by atoms with Crippen molar-refractivity contribution >= 4 is 34.3 Å². The Bertz CT molecular complexity index is 1240. The summed E-state index contributed by atoms with van der Waals surface area (Å²) >= 11 is 0. The lowest BCUT2D eigenvalue weighted by molar-refractivity contribution is -0.111. The van der Waals surface area contributed by atoms with Crippen LogP contribution in [0.4, 0.5) is 17.5 Å². The van der Waals surface area contributed by atoms with E-state index >= 15 is 0 Å². The van der Waals surface area contributed by atoms with Crippen molar-refractivity contribution < 1.29 is 4.79 Å². The number of amides is 1. The lowest BCUT2D eigenvalue weighted by atomic mass is 10.1. The summed E-state index contributed by atoms with van der Waals surface area (Å²) in [7, 11) is 1.90. The van der Waals surface area contributed by atoms with E-state index in [9.17, 15) is 4.79 Å². The zero-order chi connectivity index (χ0) is 20.5. The normalized spacial score (nSPS) is 10.9. The van der Waals surface area contributed by atoms with E-state index in [1.165, 1.54) is 6.08 Å². The number of benzene rings is 1. The van der Waals surface area contributed by atoms with Gasteiger partial charge in [0, 0.05) is 42.3 Å². The number of aryl methyl sites for hydroxylation is 3. The molecule has 0 spiro atoms. The van der Waals surface area contributed by atoms with E-state index in [1.54, 1.807) is 12.5 Å². The van der Waals surface area contributed by atoms with Crippen LogP contribution in [0.25, 0.3) is 16.7 Å². The lowest BCUT2D eigenvalue weighted by Gasteiger charge is -2.10. The molecule has 8 heteroatoms. The molecule has 8 nitrogen and oxygen atoms in total. The first-order valence-electron chi connectivity index (χ1n) is 9.08. The summed E-state index contributed by atoms with van der Waals surface area (Å²) in [6, 6.07) is 5.78. The van der Waals surface area contributed by atoms with Crippen LogP contribution >= 0.6 is 0 Å². The van der Waals surface area contributed by atoms with Crippen molar-refractivity contribution in [3.8, 4) is 5.82 Å². The average molecular weight is 387 g/mol. The van der Waals surface area contributed by atoms with Gasteiger partial charge in [-0.05, 0) is 43.7 Å². The van der Waals surface area contributed by atoms with E-state index < -0.39 is 0 Å². The van der Waals surface area contributed by atoms with Crippen LogP contribution in [0.3, 0.4) is 0 Å². The van der Waals surface area contributed by atoms with Crippen LogP contribution in [0, 0.1) is 13.8 Å². The monoisotopic (exact) mass is 387 g/mol. The third kappa shape index (κ3) is 3.60. The molecular weight excluding hydrogens is 366 g/mol. The highest BCUT2D eigenvalue weighted by atomic mass is 16.1. The average Bonchev–Trinajstić information content (AvgIpc) is 3.26. The number of aromatic nitrogens is 5. The van der Waals surface area contributed by atoms with Crippen molar-refractivity contribution in [3.63, 3.8) is 0 Å². The fourth-order valence-corrected chi connectivity index (χ4v) is 3.17. The number of hydrogen-bond acceptors (Lipinski definition) is 5. The molecule has 3 heterocycles. The molecule has 0 unspecified atom stereocenters. The van der Waals surface area contributed by atoms with Crippen LogP contribution in [0.15, 0.2) is 55.8 Å². The smallest absolute Gasteiger partial charge is 0.247 e. The van der Waals surface area contributed by atoms with Crippen LogP contribution in [0.5, 0.6) is 0 Å². The molecule has 0 aliphatic heterocycles. The van der Waals surface area contributed by atoms with Gasteiger partial charge in [0.1, 0.15) is 5.82 Å². The van der Waals surface area contributed by atoms with E-state index in [0.717, 1.165) is 33.5 Å². The summed E-state index contributed by atoms with van der Waals surface area (Å²) in [6.07, 6.45) is 8.64. The van der Waals surface area contributed by atoms with Gasteiger partial charge in [-0.2, -0.15) is 4.98 Å². The Morgan fingerprint density at radius 3 is 2.72 bits per heavy atom. The van der Waals surface area contributed by atoms with Crippen LogP contribution in [0.2, 0.25) is 0 Å². The van der Waals surface area contributed by atoms with Gasteiger partial charge in [0.15, 0.2) is 5.82 Å². The number of rotatable bonds is 5. The molecule has 0 aliphatic carbocycles. The minimum absolute atomic E-state index is 0.238. The number of fused-ring (bicyclic) bond motifs is 1. The molecule has 1 amide bonds. The molecule has 29 heavy (non-hydrogen) atoms. The Morgan fingerprint density at radius 2 is 2.00 bits per heavy atom. The van der Waals surface area contributed by atoms with Gasteiger partial charge in [-0.1, -0.05) is 6.58 Å². The highest BCUT2D eigenvalue weighted by Crippen LogP contribution is 2.28. The predicted molar refractivity (Wildman–Crippen MR) is 114 cm³/mol. The number of carbonyl (C=O) groups is 1. The van der Waals surface area contributed by atoms with Gasteiger partial charge >= 0.3 is 0 Å². The quantitative estimate of drug-likeness (QED) is 0.510. The number of carbonyl (C=O) groups excluding carboxylic acids is 1. The second kappa shape index (κ2) is 7.23. The van der Waals surface area contributed by atoms with E-state index in [4.69, 9.17) is 4.98 Å². The van der Waals surface area contributed by atoms with Gasteiger partial charge in [-0.3, -0.25) is 4.79 Å². The number of nitrogens with zero attached hydrogens (tertiary/aromatic N) is 5. The zero-order valence-corrected chi connectivity index (χ0v) is 16.5. The van der Waals surface area contributed by atoms with E-state index in [1.807, 2.05) is 60.6 Å². The number of anilines is 3. The second-order valence-electron chi connectivity index (χ2n) is 6.86. The van der Waals surface area contributed by atoms with Crippen molar-refractivity contribution in [1.29, 1.82) is 0 Å². The second-order valence-corrected chi connectivity index (χ2v) is 6.86. The maximum atomic E-state index is 11.6. The predicted octanol–water partition coefficient (Wildman–Crippen LogP) is 3.64. The van der Waals surface area contributed by atoms with Crippen molar-refractivity contribution in [2.75, 3.05) is 10.6 Å². The van der Waals surface area contributed by atoms with E-state index in [2.05, 4.69) is 27.2 Å². The summed E-state index contributed by atoms with van der Waals surface area (Å²) in [5.74, 6) is 1.69. The van der Waals surface area contributed by atoms with E-state index in [-0.39, 0.29) is 5.91 Å². The Kier molecular flexibility index (Phi) is 4.59. The SMILES string of the molecule is C=CC(=O)Nc1ccc2c(c1)c(C)cn2-c1nc(Nc2cn(C)cn2)ncc1C. The van der Waals surface area contributed by atoms with Gasteiger partial charge in [0.25, 0.3) is 0 Å². The summed E-state index contributed by atoms with van der Waals surface area (Å²) in [5, 5.41) is 6.96. The first kappa shape index (κ1) is 18.4. The Morgan fingerprint density at radius 1 is 1.17 bits per heavy atom. The molecular formula is C21H21N7O. The van der Waals surface area contributed by atoms with Crippen molar-refractivity contribution in [2.45, 2.75) is 13.8 Å². The molecule has 0 radical (unpaired) electrons. The van der Waals surface area contributed by atoms with Crippen molar-refractivity contribution in [2.24, 2.45) is 7.05 Å². The highest BCUT2D eigenvalue weighted by Gasteiger charge is 2.13. The fraction of sp³-hybridized carbons (Fsp3) is 0.143. The number of hydrogen-bond donors (Lipinski definition) is 2. The molecule has 0 saturated heterocycles. The molecule has 1 aromatic carbocycles. The van der Waals surface area contributed by atoms with Crippen LogP contribution in [0.1, 0.15) is 11.1 Å². The maximum absolute atomic E-state index is 11.6. The summed E-state index contributed by atoms with van der Waals surface area (Å²) in [6.45, 7) is 7.49. The minimum Gasteiger partial charge on any atom is -0.338 e. The standard InChI is InChI=1S/C21H21N7O/c1-5-19(29)24-15-6-7-17-16(8-15)14(3)10-28(17)20-13(2)9-22-21(26-20)25-18-11-27(4)12-23-18/h5-12H,1H2,2-4H3,(H,24,29)(H,22,25,26). The molecule has 0 bridgehead atoms. The lowest BCUT2D eigenvalue weighted by Crippen LogP contribution is -2.07.